The fourth-order valence-corrected chi connectivity index (χ4v) is 4.29. The molecule has 3 saturated heterocycles. The monoisotopic (exact) mass is 435 g/mol. The number of hydrogen-bond donors (Lipinski definition) is 1. The molecule has 5 nitrogen and oxygen atoms in total. The van der Waals surface area contributed by atoms with Crippen molar-refractivity contribution < 1.29 is 0 Å². The average molecular weight is 435 g/mol. The number of hydrogen-bond acceptors (Lipinski definition) is 3. The van der Waals surface area contributed by atoms with Gasteiger partial charge in [0, 0.05) is 38.8 Å². The fourth-order valence-electron chi connectivity index (χ4n) is 4.29. The van der Waals surface area contributed by atoms with Crippen molar-refractivity contribution in [1.29, 1.82) is 0 Å². The minimum absolute atomic E-state index is 0. The van der Waals surface area contributed by atoms with Crippen molar-refractivity contribution in [2.24, 2.45) is 4.99 Å². The van der Waals surface area contributed by atoms with E-state index in [1.54, 1.807) is 0 Å². The number of halogens is 1. The lowest BCUT2D eigenvalue weighted by Crippen LogP contribution is -2.47. The highest BCUT2D eigenvalue weighted by molar-refractivity contribution is 14.0. The average Bonchev–Trinajstić information content (AvgIpc) is 3.19. The first-order valence-electron chi connectivity index (χ1n) is 9.18. The summed E-state index contributed by atoms with van der Waals surface area (Å²) in [5.74, 6) is 1.11. The summed E-state index contributed by atoms with van der Waals surface area (Å²) in [6, 6.07) is 1.42. The minimum Gasteiger partial charge on any atom is -0.355 e. The first-order valence-corrected chi connectivity index (χ1v) is 9.18. The van der Waals surface area contributed by atoms with Crippen LogP contribution in [-0.2, 0) is 0 Å². The van der Waals surface area contributed by atoms with Crippen LogP contribution in [0.1, 0.15) is 38.5 Å². The molecule has 0 aromatic rings. The van der Waals surface area contributed by atoms with E-state index in [0.717, 1.165) is 31.6 Å². The molecule has 1 N–H and O–H groups in total. The molecule has 2 unspecified atom stereocenters. The van der Waals surface area contributed by atoms with Crippen molar-refractivity contribution >= 4 is 29.9 Å². The van der Waals surface area contributed by atoms with Crippen LogP contribution in [0.2, 0.25) is 0 Å². The van der Waals surface area contributed by atoms with E-state index >= 15 is 0 Å². The van der Waals surface area contributed by atoms with E-state index < -0.39 is 0 Å². The van der Waals surface area contributed by atoms with Gasteiger partial charge in [-0.25, -0.2) is 0 Å². The molecule has 6 heteroatoms. The lowest BCUT2D eigenvalue weighted by molar-refractivity contribution is 0.168. The van der Waals surface area contributed by atoms with Crippen molar-refractivity contribution in [3.8, 4) is 0 Å². The molecule has 0 amide bonds. The van der Waals surface area contributed by atoms with Gasteiger partial charge in [-0.2, -0.15) is 0 Å². The standard InChI is InChI=1S/C17H33N5.HI/c1-18-17(19-13-15-7-6-9-20(15)2)22-12-8-16(14-22)21-10-4-3-5-11-21;/h15-16H,3-14H2,1-2H3,(H,18,19);1H. The van der Waals surface area contributed by atoms with Gasteiger partial charge in [-0.15, -0.1) is 24.0 Å². The number of rotatable bonds is 3. The van der Waals surface area contributed by atoms with E-state index in [-0.39, 0.29) is 24.0 Å². The lowest BCUT2D eigenvalue weighted by atomic mass is 10.1. The van der Waals surface area contributed by atoms with Crippen molar-refractivity contribution in [3.63, 3.8) is 0 Å². The molecule has 0 bridgehead atoms. The summed E-state index contributed by atoms with van der Waals surface area (Å²) in [6.07, 6.45) is 8.14. The third-order valence-electron chi connectivity index (χ3n) is 5.75. The Morgan fingerprint density at radius 1 is 1.04 bits per heavy atom. The van der Waals surface area contributed by atoms with Crippen LogP contribution in [0.25, 0.3) is 0 Å². The summed E-state index contributed by atoms with van der Waals surface area (Å²) in [7, 11) is 4.17. The number of piperidine rings is 1. The highest BCUT2D eigenvalue weighted by Crippen LogP contribution is 2.20. The molecule has 3 rings (SSSR count). The summed E-state index contributed by atoms with van der Waals surface area (Å²) in [5, 5.41) is 3.62. The molecule has 23 heavy (non-hydrogen) atoms. The van der Waals surface area contributed by atoms with Crippen molar-refractivity contribution in [1.82, 2.24) is 20.0 Å². The second-order valence-electron chi connectivity index (χ2n) is 7.19. The summed E-state index contributed by atoms with van der Waals surface area (Å²) in [6.45, 7) is 7.19. The van der Waals surface area contributed by atoms with Gasteiger partial charge >= 0.3 is 0 Å². The second kappa shape index (κ2) is 9.42. The first kappa shape index (κ1) is 19.2. The van der Waals surface area contributed by atoms with Crippen LogP contribution in [0.5, 0.6) is 0 Å². The summed E-state index contributed by atoms with van der Waals surface area (Å²) >= 11 is 0. The van der Waals surface area contributed by atoms with Gasteiger partial charge in [-0.3, -0.25) is 9.89 Å². The van der Waals surface area contributed by atoms with Crippen LogP contribution in [0.15, 0.2) is 4.99 Å². The first-order chi connectivity index (χ1) is 10.8. The number of aliphatic imine (C=N–C) groups is 1. The zero-order valence-corrected chi connectivity index (χ0v) is 17.2. The quantitative estimate of drug-likeness (QED) is 0.417. The summed E-state index contributed by atoms with van der Waals surface area (Å²) in [4.78, 5) is 12.2. The van der Waals surface area contributed by atoms with Crippen molar-refractivity contribution in [2.45, 2.75) is 50.6 Å². The van der Waals surface area contributed by atoms with Gasteiger partial charge < -0.3 is 15.1 Å². The van der Waals surface area contributed by atoms with Gasteiger partial charge in [0.25, 0.3) is 0 Å². The number of nitrogens with one attached hydrogen (secondary N) is 1. The molecule has 0 aromatic heterocycles. The Bertz CT molecular complexity index is 383. The third kappa shape index (κ3) is 4.95. The van der Waals surface area contributed by atoms with Crippen LogP contribution in [-0.4, -0.2) is 86.1 Å². The third-order valence-corrected chi connectivity index (χ3v) is 5.75. The largest absolute Gasteiger partial charge is 0.355 e. The molecule has 3 aliphatic heterocycles. The van der Waals surface area contributed by atoms with Crippen LogP contribution in [0.4, 0.5) is 0 Å². The van der Waals surface area contributed by atoms with Gasteiger partial charge in [0.05, 0.1) is 0 Å². The van der Waals surface area contributed by atoms with Crippen LogP contribution in [0, 0.1) is 0 Å². The smallest absolute Gasteiger partial charge is 0.193 e. The highest BCUT2D eigenvalue weighted by Gasteiger charge is 2.30. The molecule has 134 valence electrons. The van der Waals surface area contributed by atoms with Gasteiger partial charge in [0.15, 0.2) is 5.96 Å². The van der Waals surface area contributed by atoms with Crippen molar-refractivity contribution in [2.75, 3.05) is 53.4 Å². The fraction of sp³-hybridized carbons (Fsp3) is 0.941. The Morgan fingerprint density at radius 3 is 2.48 bits per heavy atom. The molecule has 2 atom stereocenters. The van der Waals surface area contributed by atoms with Gasteiger partial charge in [0.1, 0.15) is 0 Å². The number of likely N-dealkylation sites (N-methyl/N-ethyl adjacent to an activating group) is 1. The Morgan fingerprint density at radius 2 is 1.83 bits per heavy atom. The molecular weight excluding hydrogens is 401 g/mol. The molecule has 3 aliphatic rings. The molecule has 3 heterocycles. The van der Waals surface area contributed by atoms with E-state index in [2.05, 4.69) is 32.1 Å². The summed E-state index contributed by atoms with van der Waals surface area (Å²) < 4.78 is 0. The van der Waals surface area contributed by atoms with Gasteiger partial charge in [-0.1, -0.05) is 6.42 Å². The maximum absolute atomic E-state index is 4.53. The minimum atomic E-state index is 0. The molecule has 0 spiro atoms. The Labute approximate surface area is 158 Å². The van der Waals surface area contributed by atoms with E-state index in [1.807, 2.05) is 7.05 Å². The molecule has 3 fully saturated rings. The highest BCUT2D eigenvalue weighted by atomic mass is 127. The second-order valence-corrected chi connectivity index (χ2v) is 7.19. The Kier molecular flexibility index (Phi) is 7.88. The van der Waals surface area contributed by atoms with Crippen LogP contribution in [0.3, 0.4) is 0 Å². The van der Waals surface area contributed by atoms with Crippen molar-refractivity contribution in [3.05, 3.63) is 0 Å². The number of guanidine groups is 1. The van der Waals surface area contributed by atoms with E-state index in [0.29, 0.717) is 6.04 Å². The molecule has 0 aliphatic carbocycles. The maximum Gasteiger partial charge on any atom is 0.193 e. The Balaban J connectivity index is 0.00000192. The molecule has 0 radical (unpaired) electrons. The topological polar surface area (TPSA) is 34.1 Å². The van der Waals surface area contributed by atoms with Gasteiger partial charge in [-0.05, 0) is 58.8 Å². The predicted molar refractivity (Wildman–Crippen MR) is 108 cm³/mol. The van der Waals surface area contributed by atoms with Gasteiger partial charge in [0.2, 0.25) is 0 Å². The SMILES string of the molecule is CN=C(NCC1CCCN1C)N1CCC(N2CCCCC2)C1.I. The zero-order valence-electron chi connectivity index (χ0n) is 14.8. The van der Waals surface area contributed by atoms with E-state index in [9.17, 15) is 0 Å². The van der Waals surface area contributed by atoms with E-state index in [4.69, 9.17) is 0 Å². The summed E-state index contributed by atoms with van der Waals surface area (Å²) in [5.41, 5.74) is 0. The molecular formula is C17H34IN5. The molecule has 0 saturated carbocycles. The Hall–Kier alpha value is -0.0800. The number of likely N-dealkylation sites (tertiary alicyclic amines) is 3. The zero-order chi connectivity index (χ0) is 15.4. The van der Waals surface area contributed by atoms with Crippen LogP contribution < -0.4 is 5.32 Å². The normalized spacial score (nSPS) is 30.5. The maximum atomic E-state index is 4.53. The number of nitrogens with zero attached hydrogens (tertiary/aromatic N) is 4. The lowest BCUT2D eigenvalue weighted by Gasteiger charge is -2.32. The van der Waals surface area contributed by atoms with Crippen LogP contribution >= 0.6 is 24.0 Å². The van der Waals surface area contributed by atoms with E-state index in [1.165, 1.54) is 58.2 Å². The predicted octanol–water partition coefficient (Wildman–Crippen LogP) is 1.83. The molecule has 0 aromatic carbocycles.